The molecule has 0 saturated heterocycles. The van der Waals surface area contributed by atoms with Gasteiger partial charge in [0.15, 0.2) is 0 Å². The predicted octanol–water partition coefficient (Wildman–Crippen LogP) is 3.62. The summed E-state index contributed by atoms with van der Waals surface area (Å²) in [6.07, 6.45) is 3.42. The van der Waals surface area contributed by atoms with E-state index in [0.717, 1.165) is 23.3 Å². The monoisotopic (exact) mass is 292 g/mol. The van der Waals surface area contributed by atoms with Crippen LogP contribution in [-0.4, -0.2) is 17.0 Å². The van der Waals surface area contributed by atoms with Gasteiger partial charge < -0.3 is 5.32 Å². The molecule has 0 aliphatic heterocycles. The number of para-hydroxylation sites is 1. The second-order valence-electron chi connectivity index (χ2n) is 4.78. The van der Waals surface area contributed by atoms with E-state index >= 15 is 0 Å². The van der Waals surface area contributed by atoms with E-state index in [-0.39, 0.29) is 12.4 Å². The highest BCUT2D eigenvalue weighted by Crippen LogP contribution is 2.32. The van der Waals surface area contributed by atoms with Crippen LogP contribution in [0.2, 0.25) is 0 Å². The number of fused-ring (bicyclic) bond motifs is 2. The lowest BCUT2D eigenvalue weighted by Gasteiger charge is -2.25. The van der Waals surface area contributed by atoms with Crippen LogP contribution in [0.25, 0.3) is 10.9 Å². The second-order valence-corrected chi connectivity index (χ2v) is 5.22. The maximum Gasteiger partial charge on any atom is 0.0842 e. The smallest absolute Gasteiger partial charge is 0.0842 e. The summed E-state index contributed by atoms with van der Waals surface area (Å²) >= 11 is 5.42. The van der Waals surface area contributed by atoms with Crippen molar-refractivity contribution in [1.82, 2.24) is 10.3 Å². The second kappa shape index (κ2) is 5.85. The standard InChI is InChI=1S/C15H16N2S.ClH/c1-16-15(18)12-7-4-6-11-9-10-5-2-3-8-13(10)17-14(11)12;/h2-3,5,8-9,12H,4,6-7H2,1H3,(H,16,18);1H. The molecular weight excluding hydrogens is 276 g/mol. The zero-order valence-electron chi connectivity index (χ0n) is 10.8. The molecule has 3 rings (SSSR count). The minimum atomic E-state index is 0. The van der Waals surface area contributed by atoms with E-state index in [1.54, 1.807) is 0 Å². The topological polar surface area (TPSA) is 24.9 Å². The molecule has 1 atom stereocenters. The molecule has 19 heavy (non-hydrogen) atoms. The fraction of sp³-hybridized carbons (Fsp3) is 0.333. The number of rotatable bonds is 1. The lowest BCUT2D eigenvalue weighted by atomic mass is 9.86. The van der Waals surface area contributed by atoms with Gasteiger partial charge in [-0.15, -0.1) is 12.4 Å². The number of hydrogen-bond acceptors (Lipinski definition) is 2. The molecule has 4 heteroatoms. The molecule has 1 aliphatic rings. The predicted molar refractivity (Wildman–Crippen MR) is 86.3 cm³/mol. The minimum Gasteiger partial charge on any atom is -0.382 e. The largest absolute Gasteiger partial charge is 0.382 e. The van der Waals surface area contributed by atoms with Gasteiger partial charge in [0, 0.05) is 12.4 Å². The van der Waals surface area contributed by atoms with Crippen molar-refractivity contribution < 1.29 is 0 Å². The summed E-state index contributed by atoms with van der Waals surface area (Å²) in [5.74, 6) is 0.290. The third kappa shape index (κ3) is 2.58. The Morgan fingerprint density at radius 2 is 2.16 bits per heavy atom. The number of pyridine rings is 1. The number of aryl methyl sites for hydroxylation is 1. The summed E-state index contributed by atoms with van der Waals surface area (Å²) in [4.78, 5) is 5.75. The fourth-order valence-corrected chi connectivity index (χ4v) is 2.97. The lowest BCUT2D eigenvalue weighted by Crippen LogP contribution is -2.27. The first kappa shape index (κ1) is 14.2. The van der Waals surface area contributed by atoms with Crippen molar-refractivity contribution >= 4 is 40.5 Å². The van der Waals surface area contributed by atoms with Crippen molar-refractivity contribution in [3.63, 3.8) is 0 Å². The number of aromatic nitrogens is 1. The van der Waals surface area contributed by atoms with Crippen LogP contribution in [0.3, 0.4) is 0 Å². The first-order chi connectivity index (χ1) is 8.79. The third-order valence-corrected chi connectivity index (χ3v) is 4.16. The number of halogens is 1. The molecule has 1 aromatic carbocycles. The van der Waals surface area contributed by atoms with Crippen LogP contribution in [0, 0.1) is 0 Å². The Hall–Kier alpha value is -1.19. The molecule has 0 bridgehead atoms. The van der Waals surface area contributed by atoms with Crippen LogP contribution in [0.5, 0.6) is 0 Å². The Balaban J connectivity index is 0.00000133. The van der Waals surface area contributed by atoms with Crippen molar-refractivity contribution in [3.05, 3.63) is 41.6 Å². The maximum absolute atomic E-state index is 5.42. The molecule has 1 aromatic heterocycles. The van der Waals surface area contributed by atoms with Crippen molar-refractivity contribution in [3.8, 4) is 0 Å². The van der Waals surface area contributed by atoms with Gasteiger partial charge in [-0.1, -0.05) is 30.4 Å². The van der Waals surface area contributed by atoms with E-state index in [2.05, 4.69) is 29.6 Å². The highest BCUT2D eigenvalue weighted by atomic mass is 35.5. The van der Waals surface area contributed by atoms with E-state index in [9.17, 15) is 0 Å². The highest BCUT2D eigenvalue weighted by molar-refractivity contribution is 7.80. The van der Waals surface area contributed by atoms with Gasteiger partial charge in [0.1, 0.15) is 0 Å². The van der Waals surface area contributed by atoms with Crippen LogP contribution in [-0.2, 0) is 6.42 Å². The normalized spacial score (nSPS) is 17.4. The number of hydrogen-bond donors (Lipinski definition) is 1. The average Bonchev–Trinajstić information content (AvgIpc) is 2.43. The highest BCUT2D eigenvalue weighted by Gasteiger charge is 2.25. The minimum absolute atomic E-state index is 0. The van der Waals surface area contributed by atoms with Crippen LogP contribution in [0.4, 0.5) is 0 Å². The number of nitrogens with zero attached hydrogens (tertiary/aromatic N) is 1. The number of nitrogens with one attached hydrogen (secondary N) is 1. The number of thiocarbonyl (C=S) groups is 1. The Kier molecular flexibility index (Phi) is 4.38. The van der Waals surface area contributed by atoms with E-state index in [0.29, 0.717) is 5.92 Å². The first-order valence-corrected chi connectivity index (χ1v) is 6.80. The Labute approximate surface area is 125 Å². The maximum atomic E-state index is 5.42. The fourth-order valence-electron chi connectivity index (χ4n) is 2.74. The summed E-state index contributed by atoms with van der Waals surface area (Å²) in [6.45, 7) is 0. The van der Waals surface area contributed by atoms with Gasteiger partial charge >= 0.3 is 0 Å². The molecule has 1 N–H and O–H groups in total. The van der Waals surface area contributed by atoms with Gasteiger partial charge in [-0.3, -0.25) is 4.98 Å². The number of benzene rings is 1. The van der Waals surface area contributed by atoms with Crippen LogP contribution in [0.1, 0.15) is 30.0 Å². The van der Waals surface area contributed by atoms with Crippen molar-refractivity contribution in [2.45, 2.75) is 25.2 Å². The molecule has 1 aliphatic carbocycles. The van der Waals surface area contributed by atoms with E-state index < -0.39 is 0 Å². The van der Waals surface area contributed by atoms with Gasteiger partial charge in [-0.25, -0.2) is 0 Å². The molecular formula is C15H17ClN2S. The van der Waals surface area contributed by atoms with Gasteiger partial charge in [0.25, 0.3) is 0 Å². The summed E-state index contributed by atoms with van der Waals surface area (Å²) < 4.78 is 0. The van der Waals surface area contributed by atoms with Crippen molar-refractivity contribution in [2.75, 3.05) is 7.05 Å². The molecule has 2 nitrogen and oxygen atoms in total. The Morgan fingerprint density at radius 3 is 2.95 bits per heavy atom. The van der Waals surface area contributed by atoms with Crippen molar-refractivity contribution in [1.29, 1.82) is 0 Å². The van der Waals surface area contributed by atoms with Crippen LogP contribution < -0.4 is 5.32 Å². The molecule has 100 valence electrons. The molecule has 1 unspecified atom stereocenters. The zero-order chi connectivity index (χ0) is 12.5. The molecule has 1 heterocycles. The quantitative estimate of drug-likeness (QED) is 0.813. The summed E-state index contributed by atoms with van der Waals surface area (Å²) in [5.41, 5.74) is 3.61. The SMILES string of the molecule is CNC(=S)C1CCCc2cc3ccccc3nc21.Cl. The first-order valence-electron chi connectivity index (χ1n) is 6.40. The number of likely N-dealkylation sites (N-methyl/N-ethyl adjacent to an activating group) is 1. The Morgan fingerprint density at radius 1 is 1.37 bits per heavy atom. The summed E-state index contributed by atoms with van der Waals surface area (Å²) in [5, 5.41) is 4.34. The molecule has 0 amide bonds. The molecule has 2 aromatic rings. The zero-order valence-corrected chi connectivity index (χ0v) is 12.5. The molecule has 0 radical (unpaired) electrons. The average molecular weight is 293 g/mol. The van der Waals surface area contributed by atoms with Gasteiger partial charge in [-0.2, -0.15) is 0 Å². The van der Waals surface area contributed by atoms with Gasteiger partial charge in [-0.05, 0) is 37.0 Å². The Bertz CT molecular complexity index is 612. The van der Waals surface area contributed by atoms with Crippen LogP contribution >= 0.6 is 24.6 Å². The molecule has 0 fully saturated rings. The van der Waals surface area contributed by atoms with Crippen molar-refractivity contribution in [2.24, 2.45) is 0 Å². The van der Waals surface area contributed by atoms with E-state index in [1.165, 1.54) is 23.1 Å². The van der Waals surface area contributed by atoms with Gasteiger partial charge in [0.05, 0.1) is 22.1 Å². The molecule has 0 spiro atoms. The summed E-state index contributed by atoms with van der Waals surface area (Å²) in [7, 11) is 1.90. The third-order valence-electron chi connectivity index (χ3n) is 3.67. The van der Waals surface area contributed by atoms with E-state index in [4.69, 9.17) is 17.2 Å². The summed E-state index contributed by atoms with van der Waals surface area (Å²) in [6, 6.07) is 10.6. The molecule has 0 saturated carbocycles. The van der Waals surface area contributed by atoms with E-state index in [1.807, 2.05) is 13.1 Å². The lowest BCUT2D eigenvalue weighted by molar-refractivity contribution is 0.631. The van der Waals surface area contributed by atoms with Crippen LogP contribution in [0.15, 0.2) is 30.3 Å². The van der Waals surface area contributed by atoms with Gasteiger partial charge in [0.2, 0.25) is 0 Å².